The molecule has 154 valence electrons. The molecule has 1 aromatic rings. The summed E-state index contributed by atoms with van der Waals surface area (Å²) in [6, 6.07) is 3.60. The predicted molar refractivity (Wildman–Crippen MR) is 106 cm³/mol. The molecule has 0 aromatic heterocycles. The summed E-state index contributed by atoms with van der Waals surface area (Å²) in [6.45, 7) is 4.92. The third-order valence-corrected chi connectivity index (χ3v) is 6.17. The molecule has 1 spiro atoms. The smallest absolute Gasteiger partial charge is 0.326 e. The SMILES string of the molecule is COc1cc(C)c(CN(C)CN2C(=O)N[C@@]3(CCCC[C@@H]3C)C2=O)cc1OC. The minimum Gasteiger partial charge on any atom is -0.493 e. The number of methoxy groups -OCH3 is 2. The van der Waals surface area contributed by atoms with Crippen molar-refractivity contribution < 1.29 is 19.1 Å². The lowest BCUT2D eigenvalue weighted by molar-refractivity contribution is -0.135. The Labute approximate surface area is 167 Å². The molecule has 3 rings (SSSR count). The van der Waals surface area contributed by atoms with Gasteiger partial charge in [0.05, 0.1) is 20.9 Å². The minimum absolute atomic E-state index is 0.0828. The summed E-state index contributed by atoms with van der Waals surface area (Å²) in [5.41, 5.74) is 1.42. The zero-order valence-electron chi connectivity index (χ0n) is 17.5. The molecule has 1 saturated carbocycles. The molecule has 1 heterocycles. The van der Waals surface area contributed by atoms with Gasteiger partial charge in [-0.1, -0.05) is 19.8 Å². The Hall–Kier alpha value is -2.28. The highest BCUT2D eigenvalue weighted by Crippen LogP contribution is 2.38. The van der Waals surface area contributed by atoms with E-state index in [-0.39, 0.29) is 24.5 Å². The van der Waals surface area contributed by atoms with Crippen molar-refractivity contribution in [2.45, 2.75) is 51.6 Å². The molecule has 28 heavy (non-hydrogen) atoms. The molecule has 1 aliphatic carbocycles. The third-order valence-electron chi connectivity index (χ3n) is 6.17. The second kappa shape index (κ2) is 7.99. The van der Waals surface area contributed by atoms with Gasteiger partial charge < -0.3 is 14.8 Å². The molecule has 7 nitrogen and oxygen atoms in total. The van der Waals surface area contributed by atoms with Crippen LogP contribution < -0.4 is 14.8 Å². The number of imide groups is 1. The Morgan fingerprint density at radius 2 is 1.89 bits per heavy atom. The molecule has 0 unspecified atom stereocenters. The second-order valence-corrected chi connectivity index (χ2v) is 8.07. The number of hydrogen-bond acceptors (Lipinski definition) is 5. The number of carbonyl (C=O) groups is 2. The van der Waals surface area contributed by atoms with Gasteiger partial charge in [-0.3, -0.25) is 9.69 Å². The van der Waals surface area contributed by atoms with E-state index in [9.17, 15) is 9.59 Å². The first-order valence-electron chi connectivity index (χ1n) is 9.86. The van der Waals surface area contributed by atoms with Gasteiger partial charge in [0.2, 0.25) is 0 Å². The van der Waals surface area contributed by atoms with Crippen molar-refractivity contribution in [3.63, 3.8) is 0 Å². The summed E-state index contributed by atoms with van der Waals surface area (Å²) in [5.74, 6) is 1.44. The number of hydrogen-bond donors (Lipinski definition) is 1. The van der Waals surface area contributed by atoms with E-state index >= 15 is 0 Å². The molecule has 0 bridgehead atoms. The summed E-state index contributed by atoms with van der Waals surface area (Å²) in [4.78, 5) is 29.0. The number of nitrogens with zero attached hydrogens (tertiary/aromatic N) is 2. The van der Waals surface area contributed by atoms with Crippen LogP contribution in [0.5, 0.6) is 11.5 Å². The van der Waals surface area contributed by atoms with Crippen LogP contribution in [0.25, 0.3) is 0 Å². The van der Waals surface area contributed by atoms with Gasteiger partial charge >= 0.3 is 6.03 Å². The van der Waals surface area contributed by atoms with Crippen LogP contribution in [0.15, 0.2) is 12.1 Å². The number of benzene rings is 1. The van der Waals surface area contributed by atoms with Crippen molar-refractivity contribution in [1.82, 2.24) is 15.1 Å². The van der Waals surface area contributed by atoms with Crippen LogP contribution in [-0.2, 0) is 11.3 Å². The van der Waals surface area contributed by atoms with Crippen molar-refractivity contribution in [2.24, 2.45) is 5.92 Å². The second-order valence-electron chi connectivity index (χ2n) is 8.07. The monoisotopic (exact) mass is 389 g/mol. The summed E-state index contributed by atoms with van der Waals surface area (Å²) < 4.78 is 10.7. The van der Waals surface area contributed by atoms with E-state index in [1.165, 1.54) is 4.90 Å². The number of urea groups is 1. The van der Waals surface area contributed by atoms with E-state index in [4.69, 9.17) is 9.47 Å². The van der Waals surface area contributed by atoms with Gasteiger partial charge in [-0.25, -0.2) is 9.69 Å². The van der Waals surface area contributed by atoms with Crippen LogP contribution in [0.2, 0.25) is 0 Å². The molecule has 1 aliphatic heterocycles. The van der Waals surface area contributed by atoms with E-state index in [0.717, 1.165) is 36.8 Å². The zero-order chi connectivity index (χ0) is 20.5. The van der Waals surface area contributed by atoms with Gasteiger partial charge in [-0.2, -0.15) is 0 Å². The van der Waals surface area contributed by atoms with E-state index in [1.54, 1.807) is 14.2 Å². The number of carbonyl (C=O) groups excluding carboxylic acids is 2. The third kappa shape index (κ3) is 3.55. The molecule has 1 saturated heterocycles. The first kappa shape index (κ1) is 20.5. The highest BCUT2D eigenvalue weighted by Gasteiger charge is 2.54. The maximum atomic E-state index is 13.1. The van der Waals surface area contributed by atoms with Gasteiger partial charge in [0.15, 0.2) is 11.5 Å². The van der Waals surface area contributed by atoms with E-state index in [0.29, 0.717) is 18.0 Å². The van der Waals surface area contributed by atoms with Crippen molar-refractivity contribution >= 4 is 11.9 Å². The maximum absolute atomic E-state index is 13.1. The molecule has 1 aromatic carbocycles. The fraction of sp³-hybridized carbons (Fsp3) is 0.619. The Balaban J connectivity index is 1.72. The van der Waals surface area contributed by atoms with E-state index in [2.05, 4.69) is 12.2 Å². The van der Waals surface area contributed by atoms with Crippen molar-refractivity contribution in [2.75, 3.05) is 27.9 Å². The normalized spacial score (nSPS) is 24.8. The van der Waals surface area contributed by atoms with Gasteiger partial charge in [0, 0.05) is 6.54 Å². The van der Waals surface area contributed by atoms with Crippen LogP contribution in [0.1, 0.15) is 43.7 Å². The average Bonchev–Trinajstić information content (AvgIpc) is 2.90. The molecule has 2 fully saturated rings. The first-order chi connectivity index (χ1) is 13.3. The first-order valence-corrected chi connectivity index (χ1v) is 9.86. The predicted octanol–water partition coefficient (Wildman–Crippen LogP) is 2.90. The largest absolute Gasteiger partial charge is 0.493 e. The zero-order valence-corrected chi connectivity index (χ0v) is 17.5. The Bertz CT molecular complexity index is 766. The highest BCUT2D eigenvalue weighted by atomic mass is 16.5. The van der Waals surface area contributed by atoms with E-state index < -0.39 is 5.54 Å². The summed E-state index contributed by atoms with van der Waals surface area (Å²) >= 11 is 0. The van der Waals surface area contributed by atoms with Crippen LogP contribution >= 0.6 is 0 Å². The number of aryl methyl sites for hydroxylation is 1. The number of amides is 3. The van der Waals surface area contributed by atoms with Crippen LogP contribution in [0, 0.1) is 12.8 Å². The number of rotatable bonds is 6. The molecule has 3 amide bonds. The Kier molecular flexibility index (Phi) is 5.84. The van der Waals surface area contributed by atoms with Crippen LogP contribution in [0.3, 0.4) is 0 Å². The summed E-state index contributed by atoms with van der Waals surface area (Å²) in [7, 11) is 5.13. The molecule has 2 aliphatic rings. The Morgan fingerprint density at radius 1 is 1.21 bits per heavy atom. The number of ether oxygens (including phenoxy) is 2. The quantitative estimate of drug-likeness (QED) is 0.758. The van der Waals surface area contributed by atoms with Crippen LogP contribution in [0.4, 0.5) is 4.79 Å². The Morgan fingerprint density at radius 3 is 2.54 bits per heavy atom. The van der Waals surface area contributed by atoms with Crippen molar-refractivity contribution in [3.8, 4) is 11.5 Å². The fourth-order valence-corrected chi connectivity index (χ4v) is 4.40. The maximum Gasteiger partial charge on any atom is 0.326 e. The van der Waals surface area contributed by atoms with Crippen molar-refractivity contribution in [3.05, 3.63) is 23.3 Å². The van der Waals surface area contributed by atoms with E-state index in [1.807, 2.05) is 31.0 Å². The van der Waals surface area contributed by atoms with Gasteiger partial charge in [-0.15, -0.1) is 0 Å². The molecule has 2 atom stereocenters. The molecular weight excluding hydrogens is 358 g/mol. The minimum atomic E-state index is -0.713. The lowest BCUT2D eigenvalue weighted by Crippen LogP contribution is -2.54. The highest BCUT2D eigenvalue weighted by molar-refractivity contribution is 6.07. The number of nitrogens with one attached hydrogen (secondary N) is 1. The standard InChI is InChI=1S/C21H31N3O4/c1-14-10-17(27-4)18(28-5)11-16(14)12-23(3)13-24-19(25)21(22-20(24)26)9-7-6-8-15(21)2/h10-11,15H,6-9,12-13H2,1-5H3,(H,22,26)/t15-,21+/m0/s1. The molecule has 0 radical (unpaired) electrons. The summed E-state index contributed by atoms with van der Waals surface area (Å²) in [6.07, 6.45) is 3.80. The fourth-order valence-electron chi connectivity index (χ4n) is 4.40. The average molecular weight is 389 g/mol. The van der Waals surface area contributed by atoms with Gasteiger partial charge in [0.25, 0.3) is 5.91 Å². The van der Waals surface area contributed by atoms with Gasteiger partial charge in [0.1, 0.15) is 5.54 Å². The molecular formula is C21H31N3O4. The topological polar surface area (TPSA) is 71.1 Å². The summed E-state index contributed by atoms with van der Waals surface area (Å²) in [5, 5.41) is 3.01. The molecule has 7 heteroatoms. The lowest BCUT2D eigenvalue weighted by atomic mass is 9.73. The lowest BCUT2D eigenvalue weighted by Gasteiger charge is -2.37. The van der Waals surface area contributed by atoms with Crippen molar-refractivity contribution in [1.29, 1.82) is 0 Å². The van der Waals surface area contributed by atoms with Crippen LogP contribution in [-0.4, -0.2) is 55.2 Å². The molecule has 1 N–H and O–H groups in total. The van der Waals surface area contributed by atoms with Gasteiger partial charge in [-0.05, 0) is 56.0 Å².